The van der Waals surface area contributed by atoms with Crippen molar-refractivity contribution in [3.63, 3.8) is 0 Å². The molecule has 0 aliphatic carbocycles. The number of anilines is 1. The summed E-state index contributed by atoms with van der Waals surface area (Å²) < 4.78 is 11.5. The molecule has 2 aromatic rings. The second kappa shape index (κ2) is 9.07. The zero-order valence-electron chi connectivity index (χ0n) is 19.6. The SMILES string of the molecule is CC(=CN(C(=O)OC(C)(C)C)c1cc2c(c(-c3ccc(C(C)C)cc3)c1)OCC2)C(=O)O. The lowest BCUT2D eigenvalue weighted by Crippen LogP contribution is -2.34. The van der Waals surface area contributed by atoms with Gasteiger partial charge >= 0.3 is 12.1 Å². The topological polar surface area (TPSA) is 76.1 Å². The van der Waals surface area contributed by atoms with E-state index >= 15 is 0 Å². The summed E-state index contributed by atoms with van der Waals surface area (Å²) in [4.78, 5) is 25.8. The van der Waals surface area contributed by atoms with Crippen molar-refractivity contribution in [1.82, 2.24) is 0 Å². The Balaban J connectivity index is 2.13. The van der Waals surface area contributed by atoms with E-state index in [2.05, 4.69) is 26.0 Å². The van der Waals surface area contributed by atoms with Crippen molar-refractivity contribution in [2.75, 3.05) is 11.5 Å². The minimum absolute atomic E-state index is 0.0236. The summed E-state index contributed by atoms with van der Waals surface area (Å²) in [6.07, 6.45) is 1.38. The van der Waals surface area contributed by atoms with Crippen LogP contribution in [0.25, 0.3) is 11.1 Å². The van der Waals surface area contributed by atoms with E-state index in [4.69, 9.17) is 9.47 Å². The Morgan fingerprint density at radius 1 is 1.16 bits per heavy atom. The number of rotatable bonds is 5. The van der Waals surface area contributed by atoms with Gasteiger partial charge in [0.1, 0.15) is 11.4 Å². The average molecular weight is 438 g/mol. The van der Waals surface area contributed by atoms with Crippen LogP contribution in [-0.4, -0.2) is 29.4 Å². The van der Waals surface area contributed by atoms with Gasteiger partial charge in [-0.1, -0.05) is 38.1 Å². The van der Waals surface area contributed by atoms with Gasteiger partial charge in [0.2, 0.25) is 0 Å². The van der Waals surface area contributed by atoms with Gasteiger partial charge in [-0.25, -0.2) is 9.59 Å². The molecule has 2 aromatic carbocycles. The Labute approximate surface area is 189 Å². The van der Waals surface area contributed by atoms with Crippen molar-refractivity contribution in [3.8, 4) is 16.9 Å². The predicted octanol–water partition coefficient (Wildman–Crippen LogP) is 6.14. The van der Waals surface area contributed by atoms with Gasteiger partial charge in [-0.15, -0.1) is 0 Å². The van der Waals surface area contributed by atoms with Crippen LogP contribution < -0.4 is 9.64 Å². The Kier molecular flexibility index (Phi) is 6.63. The monoisotopic (exact) mass is 437 g/mol. The standard InChI is InChI=1S/C26H31NO5/c1-16(2)18-7-9-19(10-8-18)22-14-21(13-20-11-12-31-23(20)22)27(15-17(3)24(28)29)25(30)32-26(4,5)6/h7-10,13-16H,11-12H2,1-6H3,(H,28,29). The predicted molar refractivity (Wildman–Crippen MR) is 125 cm³/mol. The van der Waals surface area contributed by atoms with E-state index in [0.717, 1.165) is 22.4 Å². The highest BCUT2D eigenvalue weighted by atomic mass is 16.6. The summed E-state index contributed by atoms with van der Waals surface area (Å²) >= 11 is 0. The van der Waals surface area contributed by atoms with Gasteiger partial charge < -0.3 is 14.6 Å². The number of nitrogens with zero attached hydrogens (tertiary/aromatic N) is 1. The molecule has 3 rings (SSSR count). The number of carboxylic acids is 1. The minimum Gasteiger partial charge on any atom is -0.492 e. The molecular formula is C26H31NO5. The summed E-state index contributed by atoms with van der Waals surface area (Å²) in [5.74, 6) is 0.116. The second-order valence-electron chi connectivity index (χ2n) is 9.32. The van der Waals surface area contributed by atoms with E-state index in [9.17, 15) is 14.7 Å². The molecule has 1 heterocycles. The lowest BCUT2D eigenvalue weighted by Gasteiger charge is -2.26. The number of ether oxygens (including phenoxy) is 2. The molecule has 0 spiro atoms. The molecule has 0 saturated heterocycles. The largest absolute Gasteiger partial charge is 0.492 e. The molecule has 1 aliphatic rings. The number of carboxylic acid groups (broad SMARTS) is 1. The van der Waals surface area contributed by atoms with E-state index in [1.807, 2.05) is 24.3 Å². The molecule has 0 radical (unpaired) electrons. The van der Waals surface area contributed by atoms with Gasteiger partial charge in [0.15, 0.2) is 0 Å². The smallest absolute Gasteiger partial charge is 0.418 e. The number of hydrogen-bond acceptors (Lipinski definition) is 4. The zero-order valence-corrected chi connectivity index (χ0v) is 19.6. The van der Waals surface area contributed by atoms with Crippen molar-refractivity contribution in [2.45, 2.75) is 59.5 Å². The lowest BCUT2D eigenvalue weighted by molar-refractivity contribution is -0.132. The highest BCUT2D eigenvalue weighted by Gasteiger charge is 2.27. The first-order valence-corrected chi connectivity index (χ1v) is 10.8. The fraction of sp³-hybridized carbons (Fsp3) is 0.385. The first-order valence-electron chi connectivity index (χ1n) is 10.8. The van der Waals surface area contributed by atoms with Crippen LogP contribution in [0.2, 0.25) is 0 Å². The van der Waals surface area contributed by atoms with Gasteiger partial charge in [0.25, 0.3) is 0 Å². The molecule has 6 nitrogen and oxygen atoms in total. The molecule has 0 unspecified atom stereocenters. The summed E-state index contributed by atoms with van der Waals surface area (Å²) in [6, 6.07) is 12.0. The van der Waals surface area contributed by atoms with Gasteiger partial charge in [0.05, 0.1) is 17.9 Å². The van der Waals surface area contributed by atoms with E-state index < -0.39 is 17.7 Å². The third-order valence-electron chi connectivity index (χ3n) is 5.19. The van der Waals surface area contributed by atoms with Crippen LogP contribution in [0.4, 0.5) is 10.5 Å². The number of benzene rings is 2. The second-order valence-corrected chi connectivity index (χ2v) is 9.32. The highest BCUT2D eigenvalue weighted by Crippen LogP contribution is 2.41. The first-order chi connectivity index (χ1) is 15.0. The van der Waals surface area contributed by atoms with E-state index in [1.54, 1.807) is 20.8 Å². The lowest BCUT2D eigenvalue weighted by atomic mass is 9.96. The maximum atomic E-state index is 13.0. The normalized spacial score (nSPS) is 13.5. The average Bonchev–Trinajstić information content (AvgIpc) is 3.18. The van der Waals surface area contributed by atoms with Gasteiger partial charge in [-0.3, -0.25) is 4.90 Å². The number of carbonyl (C=O) groups is 2. The van der Waals surface area contributed by atoms with Gasteiger partial charge in [-0.2, -0.15) is 0 Å². The zero-order chi connectivity index (χ0) is 23.6. The summed E-state index contributed by atoms with van der Waals surface area (Å²) in [5.41, 5.74) is 3.87. The summed E-state index contributed by atoms with van der Waals surface area (Å²) in [6.45, 7) is 11.6. The Bertz CT molecular complexity index is 1050. The van der Waals surface area contributed by atoms with Gasteiger partial charge in [-0.05, 0) is 56.9 Å². The third-order valence-corrected chi connectivity index (χ3v) is 5.19. The maximum absolute atomic E-state index is 13.0. The highest BCUT2D eigenvalue weighted by molar-refractivity contribution is 5.95. The van der Waals surface area contributed by atoms with Crippen molar-refractivity contribution < 1.29 is 24.2 Å². The van der Waals surface area contributed by atoms with Crippen molar-refractivity contribution >= 4 is 17.7 Å². The quantitative estimate of drug-likeness (QED) is 0.569. The number of fused-ring (bicyclic) bond motifs is 1. The summed E-state index contributed by atoms with van der Waals surface area (Å²) in [5, 5.41) is 9.38. The molecule has 0 fully saturated rings. The Hall–Kier alpha value is -3.28. The van der Waals surface area contributed by atoms with Crippen LogP contribution in [0, 0.1) is 0 Å². The fourth-order valence-electron chi connectivity index (χ4n) is 3.49. The van der Waals surface area contributed by atoms with Crippen molar-refractivity contribution in [3.05, 3.63) is 59.3 Å². The fourth-order valence-corrected chi connectivity index (χ4v) is 3.49. The number of aliphatic carboxylic acids is 1. The number of carbonyl (C=O) groups excluding carboxylic acids is 1. The van der Waals surface area contributed by atoms with Crippen LogP contribution in [0.5, 0.6) is 5.75 Å². The summed E-state index contributed by atoms with van der Waals surface area (Å²) in [7, 11) is 0. The molecule has 0 aromatic heterocycles. The first kappa shape index (κ1) is 23.4. The molecule has 170 valence electrons. The van der Waals surface area contributed by atoms with E-state index in [1.165, 1.54) is 23.6 Å². The van der Waals surface area contributed by atoms with E-state index in [-0.39, 0.29) is 5.57 Å². The van der Waals surface area contributed by atoms with Crippen molar-refractivity contribution in [2.24, 2.45) is 0 Å². The molecule has 1 N–H and O–H groups in total. The van der Waals surface area contributed by atoms with Crippen LogP contribution in [-0.2, 0) is 16.0 Å². The minimum atomic E-state index is -1.10. The van der Waals surface area contributed by atoms with E-state index in [0.29, 0.717) is 24.6 Å². The Morgan fingerprint density at radius 2 is 1.81 bits per heavy atom. The molecule has 1 amide bonds. The van der Waals surface area contributed by atoms with Crippen LogP contribution in [0.3, 0.4) is 0 Å². The van der Waals surface area contributed by atoms with Crippen LogP contribution in [0.15, 0.2) is 48.2 Å². The molecule has 1 aliphatic heterocycles. The van der Waals surface area contributed by atoms with Crippen LogP contribution >= 0.6 is 0 Å². The molecule has 6 heteroatoms. The third kappa shape index (κ3) is 5.31. The number of hydrogen-bond donors (Lipinski definition) is 1. The maximum Gasteiger partial charge on any atom is 0.418 e. The number of amides is 1. The molecule has 0 bridgehead atoms. The molecule has 32 heavy (non-hydrogen) atoms. The Morgan fingerprint density at radius 3 is 2.38 bits per heavy atom. The van der Waals surface area contributed by atoms with Crippen LogP contribution in [0.1, 0.15) is 58.6 Å². The van der Waals surface area contributed by atoms with Gasteiger partial charge in [0, 0.05) is 23.7 Å². The van der Waals surface area contributed by atoms with Crippen molar-refractivity contribution in [1.29, 1.82) is 0 Å². The molecule has 0 atom stereocenters. The molecule has 0 saturated carbocycles. The molecular weight excluding hydrogens is 406 g/mol.